The maximum atomic E-state index is 12.4. The topological polar surface area (TPSA) is 81.9 Å². The lowest BCUT2D eigenvalue weighted by atomic mass is 10.1. The number of benzene rings is 3. The van der Waals surface area contributed by atoms with Gasteiger partial charge in [-0.05, 0) is 53.3 Å². The van der Waals surface area contributed by atoms with Crippen LogP contribution in [0.25, 0.3) is 22.2 Å². The number of hydrogen-bond acceptors (Lipinski definition) is 5. The van der Waals surface area contributed by atoms with Crippen LogP contribution >= 0.6 is 0 Å². The molecular weight excluding hydrogens is 390 g/mol. The standard InChI is InChI=1S/C24H23N5O2/c30-23(12-5-15-31-22-11-4-7-17-6-1-2-10-21(17)22)25-19-9-3-8-18(16-19)24-26-27-28-29(24)20-13-14-20/h1-4,6-11,16,20H,5,12-15H2,(H,25,30). The third-order valence-electron chi connectivity index (χ3n) is 5.35. The van der Waals surface area contributed by atoms with Crippen LogP contribution in [-0.2, 0) is 4.79 Å². The van der Waals surface area contributed by atoms with Crippen LogP contribution in [0.4, 0.5) is 5.69 Å². The van der Waals surface area contributed by atoms with E-state index in [2.05, 4.69) is 33.0 Å². The maximum absolute atomic E-state index is 12.4. The molecule has 0 atom stereocenters. The third kappa shape index (κ3) is 4.40. The molecule has 1 amide bonds. The van der Waals surface area contributed by atoms with Crippen LogP contribution in [0.3, 0.4) is 0 Å². The SMILES string of the molecule is O=C(CCCOc1cccc2ccccc12)Nc1cccc(-c2nnnn2C2CC2)c1. The summed E-state index contributed by atoms with van der Waals surface area (Å²) in [6.45, 7) is 0.484. The number of ether oxygens (including phenoxy) is 1. The van der Waals surface area contributed by atoms with Crippen LogP contribution in [0.5, 0.6) is 5.75 Å². The summed E-state index contributed by atoms with van der Waals surface area (Å²) in [6, 6.07) is 22.2. The van der Waals surface area contributed by atoms with E-state index in [-0.39, 0.29) is 5.91 Å². The van der Waals surface area contributed by atoms with E-state index in [1.54, 1.807) is 0 Å². The zero-order valence-electron chi connectivity index (χ0n) is 17.1. The Morgan fingerprint density at radius 2 is 1.90 bits per heavy atom. The Morgan fingerprint density at radius 3 is 2.81 bits per heavy atom. The van der Waals surface area contributed by atoms with E-state index in [0.717, 1.165) is 46.4 Å². The van der Waals surface area contributed by atoms with Crippen molar-refractivity contribution in [3.63, 3.8) is 0 Å². The molecule has 5 rings (SSSR count). The minimum atomic E-state index is -0.0412. The summed E-state index contributed by atoms with van der Waals surface area (Å²) in [5.41, 5.74) is 1.64. The van der Waals surface area contributed by atoms with Crippen molar-refractivity contribution < 1.29 is 9.53 Å². The van der Waals surface area contributed by atoms with Gasteiger partial charge in [0.2, 0.25) is 5.91 Å². The number of tetrazole rings is 1. The third-order valence-corrected chi connectivity index (χ3v) is 5.35. The lowest BCUT2D eigenvalue weighted by Gasteiger charge is -2.10. The molecule has 7 nitrogen and oxygen atoms in total. The van der Waals surface area contributed by atoms with Gasteiger partial charge in [-0.1, -0.05) is 48.5 Å². The van der Waals surface area contributed by atoms with Crippen molar-refractivity contribution >= 4 is 22.4 Å². The van der Waals surface area contributed by atoms with Crippen LogP contribution < -0.4 is 10.1 Å². The van der Waals surface area contributed by atoms with Gasteiger partial charge in [0, 0.05) is 23.1 Å². The minimum Gasteiger partial charge on any atom is -0.493 e. The van der Waals surface area contributed by atoms with Crippen molar-refractivity contribution in [2.75, 3.05) is 11.9 Å². The summed E-state index contributed by atoms with van der Waals surface area (Å²) in [7, 11) is 0. The van der Waals surface area contributed by atoms with E-state index in [1.807, 2.05) is 59.3 Å². The first kappa shape index (κ1) is 19.2. The molecule has 0 aliphatic heterocycles. The van der Waals surface area contributed by atoms with Gasteiger partial charge in [0.05, 0.1) is 12.6 Å². The Balaban J connectivity index is 1.15. The number of aromatic nitrogens is 4. The normalized spacial score (nSPS) is 13.3. The van der Waals surface area contributed by atoms with Gasteiger partial charge < -0.3 is 10.1 Å². The van der Waals surface area contributed by atoms with Gasteiger partial charge in [0.1, 0.15) is 5.75 Å². The summed E-state index contributed by atoms with van der Waals surface area (Å²) in [6.07, 6.45) is 3.23. The summed E-state index contributed by atoms with van der Waals surface area (Å²) in [5, 5.41) is 17.2. The molecule has 1 heterocycles. The van der Waals surface area contributed by atoms with Crippen molar-refractivity contribution in [3.05, 3.63) is 66.7 Å². The number of nitrogens with one attached hydrogen (secondary N) is 1. The van der Waals surface area contributed by atoms with E-state index < -0.39 is 0 Å². The Labute approximate surface area is 180 Å². The lowest BCUT2D eigenvalue weighted by Crippen LogP contribution is -2.13. The van der Waals surface area contributed by atoms with Crippen molar-refractivity contribution in [3.8, 4) is 17.1 Å². The van der Waals surface area contributed by atoms with E-state index in [4.69, 9.17) is 4.74 Å². The number of fused-ring (bicyclic) bond motifs is 1. The number of amides is 1. The molecule has 4 aromatic rings. The van der Waals surface area contributed by atoms with Crippen molar-refractivity contribution in [1.82, 2.24) is 20.2 Å². The highest BCUT2D eigenvalue weighted by atomic mass is 16.5. The van der Waals surface area contributed by atoms with Gasteiger partial charge >= 0.3 is 0 Å². The van der Waals surface area contributed by atoms with Gasteiger partial charge in [-0.2, -0.15) is 0 Å². The number of carbonyl (C=O) groups is 1. The number of carbonyl (C=O) groups excluding carboxylic acids is 1. The number of nitrogens with zero attached hydrogens (tertiary/aromatic N) is 4. The molecule has 1 N–H and O–H groups in total. The van der Waals surface area contributed by atoms with E-state index in [0.29, 0.717) is 25.5 Å². The molecule has 0 saturated heterocycles. The fraction of sp³-hybridized carbons (Fsp3) is 0.250. The molecule has 0 unspecified atom stereocenters. The Kier molecular flexibility index (Phi) is 5.31. The van der Waals surface area contributed by atoms with Crippen molar-refractivity contribution in [2.45, 2.75) is 31.7 Å². The molecule has 156 valence electrons. The fourth-order valence-electron chi connectivity index (χ4n) is 3.64. The average molecular weight is 413 g/mol. The van der Waals surface area contributed by atoms with E-state index >= 15 is 0 Å². The highest BCUT2D eigenvalue weighted by Crippen LogP contribution is 2.36. The summed E-state index contributed by atoms with van der Waals surface area (Å²) in [4.78, 5) is 12.4. The smallest absolute Gasteiger partial charge is 0.224 e. The first-order chi connectivity index (χ1) is 15.3. The van der Waals surface area contributed by atoms with Gasteiger partial charge in [0.15, 0.2) is 5.82 Å². The minimum absolute atomic E-state index is 0.0412. The molecule has 1 aliphatic rings. The Bertz CT molecular complexity index is 1210. The molecular formula is C24H23N5O2. The van der Waals surface area contributed by atoms with Crippen LogP contribution in [-0.4, -0.2) is 32.7 Å². The first-order valence-electron chi connectivity index (χ1n) is 10.6. The molecule has 0 bridgehead atoms. The van der Waals surface area contributed by atoms with Crippen LogP contribution in [0.2, 0.25) is 0 Å². The van der Waals surface area contributed by atoms with Crippen molar-refractivity contribution in [1.29, 1.82) is 0 Å². The Hall–Kier alpha value is -3.74. The van der Waals surface area contributed by atoms with Crippen LogP contribution in [0.15, 0.2) is 66.7 Å². The highest BCUT2D eigenvalue weighted by molar-refractivity contribution is 5.91. The predicted molar refractivity (Wildman–Crippen MR) is 119 cm³/mol. The summed E-state index contributed by atoms with van der Waals surface area (Å²) >= 11 is 0. The highest BCUT2D eigenvalue weighted by Gasteiger charge is 2.28. The monoisotopic (exact) mass is 413 g/mol. The second-order valence-electron chi connectivity index (χ2n) is 7.74. The fourth-order valence-corrected chi connectivity index (χ4v) is 3.64. The van der Waals surface area contributed by atoms with Gasteiger partial charge in [0.25, 0.3) is 0 Å². The zero-order valence-corrected chi connectivity index (χ0v) is 17.1. The summed E-state index contributed by atoms with van der Waals surface area (Å²) in [5.74, 6) is 1.54. The average Bonchev–Trinajstić information content (AvgIpc) is 3.53. The maximum Gasteiger partial charge on any atom is 0.224 e. The molecule has 0 spiro atoms. The Morgan fingerprint density at radius 1 is 1.06 bits per heavy atom. The van der Waals surface area contributed by atoms with Crippen molar-refractivity contribution in [2.24, 2.45) is 0 Å². The molecule has 1 aliphatic carbocycles. The van der Waals surface area contributed by atoms with Gasteiger partial charge in [-0.15, -0.1) is 5.10 Å². The quantitative estimate of drug-likeness (QED) is 0.426. The van der Waals surface area contributed by atoms with Gasteiger partial charge in [-0.3, -0.25) is 4.79 Å². The predicted octanol–water partition coefficient (Wildman–Crippen LogP) is 4.63. The number of hydrogen-bond donors (Lipinski definition) is 1. The largest absolute Gasteiger partial charge is 0.493 e. The van der Waals surface area contributed by atoms with Gasteiger partial charge in [-0.25, -0.2) is 4.68 Å². The molecule has 1 aromatic heterocycles. The molecule has 1 fully saturated rings. The van der Waals surface area contributed by atoms with Crippen LogP contribution in [0.1, 0.15) is 31.7 Å². The number of anilines is 1. The zero-order chi connectivity index (χ0) is 21.0. The summed E-state index contributed by atoms with van der Waals surface area (Å²) < 4.78 is 7.79. The van der Waals surface area contributed by atoms with Crippen LogP contribution in [0, 0.1) is 0 Å². The molecule has 3 aromatic carbocycles. The molecule has 7 heteroatoms. The number of rotatable bonds is 8. The molecule has 0 radical (unpaired) electrons. The van der Waals surface area contributed by atoms with E-state index in [1.165, 1.54) is 0 Å². The first-order valence-corrected chi connectivity index (χ1v) is 10.6. The molecule has 1 saturated carbocycles. The lowest BCUT2D eigenvalue weighted by molar-refractivity contribution is -0.116. The second-order valence-corrected chi connectivity index (χ2v) is 7.74. The second kappa shape index (κ2) is 8.55. The molecule has 31 heavy (non-hydrogen) atoms. The van der Waals surface area contributed by atoms with E-state index in [9.17, 15) is 4.79 Å².